The summed E-state index contributed by atoms with van der Waals surface area (Å²) >= 11 is 1.01. The van der Waals surface area contributed by atoms with Gasteiger partial charge in [-0.25, -0.2) is 8.42 Å². The number of carbonyl (C=O) groups excluding carboxylic acids is 2. The lowest BCUT2D eigenvalue weighted by Gasteiger charge is -2.05. The molecule has 0 saturated carbocycles. The minimum absolute atomic E-state index is 0.0457. The summed E-state index contributed by atoms with van der Waals surface area (Å²) in [5.41, 5.74) is 0.343. The van der Waals surface area contributed by atoms with Crippen LogP contribution in [-0.4, -0.2) is 49.8 Å². The number of hydrogen-bond acceptors (Lipinski definition) is 9. The van der Waals surface area contributed by atoms with E-state index < -0.39 is 26.6 Å². The van der Waals surface area contributed by atoms with Crippen molar-refractivity contribution in [3.63, 3.8) is 0 Å². The Labute approximate surface area is 198 Å². The number of fused-ring (bicyclic) bond motifs is 1. The largest absolute Gasteiger partial charge is 0.497 e. The van der Waals surface area contributed by atoms with Crippen LogP contribution in [0, 0.1) is 10.1 Å². The number of non-ortho nitro benzene ring substituents is 1. The fourth-order valence-corrected chi connectivity index (χ4v) is 5.47. The second kappa shape index (κ2) is 10.6. The Bertz CT molecular complexity index is 1410. The number of aromatic nitrogens is 1. The van der Waals surface area contributed by atoms with Gasteiger partial charge in [0.1, 0.15) is 12.3 Å². The highest BCUT2D eigenvalue weighted by molar-refractivity contribution is 7.91. The molecular formula is C21H21N3O8S2. The zero-order valence-corrected chi connectivity index (χ0v) is 19.9. The Morgan fingerprint density at radius 2 is 1.85 bits per heavy atom. The van der Waals surface area contributed by atoms with Crippen LogP contribution in [0.2, 0.25) is 0 Å². The van der Waals surface area contributed by atoms with Crippen LogP contribution in [0.15, 0.2) is 52.4 Å². The number of carbonyl (C=O) groups is 2. The van der Waals surface area contributed by atoms with E-state index in [0.29, 0.717) is 16.0 Å². The highest BCUT2D eigenvalue weighted by Gasteiger charge is 2.17. The molecular weight excluding hydrogens is 486 g/mol. The molecule has 0 radical (unpaired) electrons. The first-order valence-electron chi connectivity index (χ1n) is 9.93. The molecule has 0 fully saturated rings. The maximum atomic E-state index is 12.5. The molecule has 1 amide bonds. The summed E-state index contributed by atoms with van der Waals surface area (Å²) in [7, 11) is -0.898. The molecule has 0 bridgehead atoms. The summed E-state index contributed by atoms with van der Waals surface area (Å²) in [6, 6.07) is 10.0. The third-order valence-corrected chi connectivity index (χ3v) is 7.69. The van der Waals surface area contributed by atoms with E-state index in [1.165, 1.54) is 49.1 Å². The third kappa shape index (κ3) is 5.85. The maximum absolute atomic E-state index is 12.5. The van der Waals surface area contributed by atoms with Crippen molar-refractivity contribution in [1.82, 2.24) is 4.57 Å². The van der Waals surface area contributed by atoms with Crippen molar-refractivity contribution < 1.29 is 32.4 Å². The minimum Gasteiger partial charge on any atom is -0.497 e. The summed E-state index contributed by atoms with van der Waals surface area (Å²) in [6.07, 6.45) is -0.0912. The third-order valence-electron chi connectivity index (χ3n) is 4.83. The molecule has 34 heavy (non-hydrogen) atoms. The predicted octanol–water partition coefficient (Wildman–Crippen LogP) is 2.47. The Hall–Kier alpha value is -3.58. The number of methoxy groups -OCH3 is 2. The van der Waals surface area contributed by atoms with E-state index in [1.54, 1.807) is 12.1 Å². The second-order valence-electron chi connectivity index (χ2n) is 7.06. The van der Waals surface area contributed by atoms with Gasteiger partial charge < -0.3 is 14.0 Å². The first kappa shape index (κ1) is 25.1. The molecule has 0 aliphatic rings. The number of thiazole rings is 1. The molecule has 0 atom stereocenters. The van der Waals surface area contributed by atoms with Crippen LogP contribution >= 0.6 is 11.3 Å². The van der Waals surface area contributed by atoms with Gasteiger partial charge in [0.05, 0.1) is 40.0 Å². The smallest absolute Gasteiger partial charge is 0.325 e. The van der Waals surface area contributed by atoms with Crippen LogP contribution in [-0.2, 0) is 30.7 Å². The number of benzene rings is 2. The Kier molecular flexibility index (Phi) is 7.79. The standard InChI is InChI=1S/C21H21N3O8S2/c1-31-15-6-8-16(9-7-15)34(29,30)11-3-4-19(25)22-21-23(13-20(26)32-2)17-10-5-14(24(27)28)12-18(17)33-21/h5-10,12H,3-4,11,13H2,1-2H3. The van der Waals surface area contributed by atoms with Gasteiger partial charge in [0.25, 0.3) is 5.69 Å². The van der Waals surface area contributed by atoms with Gasteiger partial charge >= 0.3 is 5.97 Å². The molecule has 0 saturated heterocycles. The summed E-state index contributed by atoms with van der Waals surface area (Å²) in [5.74, 6) is -0.884. The average molecular weight is 508 g/mol. The summed E-state index contributed by atoms with van der Waals surface area (Å²) < 4.78 is 36.6. The van der Waals surface area contributed by atoms with Crippen molar-refractivity contribution >= 4 is 49.0 Å². The van der Waals surface area contributed by atoms with E-state index in [0.717, 1.165) is 11.3 Å². The van der Waals surface area contributed by atoms with Crippen LogP contribution in [0.4, 0.5) is 5.69 Å². The van der Waals surface area contributed by atoms with Gasteiger partial charge in [-0.05, 0) is 36.8 Å². The Morgan fingerprint density at radius 3 is 2.47 bits per heavy atom. The fourth-order valence-electron chi connectivity index (χ4n) is 3.08. The van der Waals surface area contributed by atoms with Gasteiger partial charge in [0.2, 0.25) is 5.91 Å². The number of rotatable bonds is 9. The van der Waals surface area contributed by atoms with Gasteiger partial charge in [-0.1, -0.05) is 11.3 Å². The van der Waals surface area contributed by atoms with Crippen LogP contribution in [0.25, 0.3) is 10.2 Å². The number of nitro benzene ring substituents is 1. The molecule has 0 spiro atoms. The molecule has 180 valence electrons. The molecule has 0 N–H and O–H groups in total. The Balaban J connectivity index is 1.80. The lowest BCUT2D eigenvalue weighted by molar-refractivity contribution is -0.384. The molecule has 0 unspecified atom stereocenters. The first-order valence-corrected chi connectivity index (χ1v) is 12.4. The SMILES string of the molecule is COC(=O)Cn1c(=NC(=O)CCCS(=O)(=O)c2ccc(OC)cc2)sc2cc([N+](=O)[O-])ccc21. The number of amides is 1. The van der Waals surface area contributed by atoms with E-state index in [4.69, 9.17) is 4.74 Å². The highest BCUT2D eigenvalue weighted by Crippen LogP contribution is 2.23. The molecule has 1 heterocycles. The fraction of sp³-hybridized carbons (Fsp3) is 0.286. The van der Waals surface area contributed by atoms with Crippen LogP contribution < -0.4 is 9.54 Å². The zero-order chi connectivity index (χ0) is 24.9. The van der Waals surface area contributed by atoms with Crippen molar-refractivity contribution in [3.05, 3.63) is 57.4 Å². The number of nitro groups is 1. The zero-order valence-electron chi connectivity index (χ0n) is 18.3. The maximum Gasteiger partial charge on any atom is 0.325 e. The predicted molar refractivity (Wildman–Crippen MR) is 123 cm³/mol. The molecule has 1 aromatic heterocycles. The lowest BCUT2D eigenvalue weighted by Crippen LogP contribution is -2.22. The van der Waals surface area contributed by atoms with Crippen molar-refractivity contribution in [2.75, 3.05) is 20.0 Å². The quantitative estimate of drug-likeness (QED) is 0.244. The topological polar surface area (TPSA) is 147 Å². The normalized spacial score (nSPS) is 12.0. The first-order chi connectivity index (χ1) is 16.1. The van der Waals surface area contributed by atoms with Gasteiger partial charge in [-0.15, -0.1) is 0 Å². The molecule has 0 aliphatic heterocycles. The molecule has 3 aromatic rings. The summed E-state index contributed by atoms with van der Waals surface area (Å²) in [5, 5.41) is 11.1. The lowest BCUT2D eigenvalue weighted by atomic mass is 10.3. The van der Waals surface area contributed by atoms with E-state index >= 15 is 0 Å². The molecule has 0 aliphatic carbocycles. The van der Waals surface area contributed by atoms with E-state index in [9.17, 15) is 28.1 Å². The molecule has 11 nitrogen and oxygen atoms in total. The van der Waals surface area contributed by atoms with E-state index in [2.05, 4.69) is 9.73 Å². The second-order valence-corrected chi connectivity index (χ2v) is 10.2. The molecule has 3 rings (SSSR count). The summed E-state index contributed by atoms with van der Waals surface area (Å²) in [6.45, 7) is -0.244. The van der Waals surface area contributed by atoms with Crippen LogP contribution in [0.3, 0.4) is 0 Å². The van der Waals surface area contributed by atoms with E-state index in [1.807, 2.05) is 0 Å². The number of nitrogens with zero attached hydrogens (tertiary/aromatic N) is 3. The van der Waals surface area contributed by atoms with Gasteiger partial charge in [-0.2, -0.15) is 4.99 Å². The number of esters is 1. The number of ether oxygens (including phenoxy) is 2. The highest BCUT2D eigenvalue weighted by atomic mass is 32.2. The van der Waals surface area contributed by atoms with Gasteiger partial charge in [0.15, 0.2) is 14.6 Å². The summed E-state index contributed by atoms with van der Waals surface area (Å²) in [4.78, 5) is 39.1. The number of hydrogen-bond donors (Lipinski definition) is 0. The van der Waals surface area contributed by atoms with Crippen molar-refractivity contribution in [1.29, 1.82) is 0 Å². The van der Waals surface area contributed by atoms with Crippen molar-refractivity contribution in [3.8, 4) is 5.75 Å². The van der Waals surface area contributed by atoms with Crippen molar-refractivity contribution in [2.45, 2.75) is 24.3 Å². The monoisotopic (exact) mass is 507 g/mol. The van der Waals surface area contributed by atoms with Crippen LogP contribution in [0.1, 0.15) is 12.8 Å². The van der Waals surface area contributed by atoms with E-state index in [-0.39, 0.29) is 40.5 Å². The Morgan fingerprint density at radius 1 is 1.15 bits per heavy atom. The minimum atomic E-state index is -3.59. The van der Waals surface area contributed by atoms with Gasteiger partial charge in [0, 0.05) is 18.6 Å². The average Bonchev–Trinajstić information content (AvgIpc) is 3.14. The molecule has 13 heteroatoms. The molecule has 2 aromatic carbocycles. The van der Waals surface area contributed by atoms with Gasteiger partial charge in [-0.3, -0.25) is 19.7 Å². The van der Waals surface area contributed by atoms with Crippen molar-refractivity contribution in [2.24, 2.45) is 4.99 Å². The van der Waals surface area contributed by atoms with Crippen LogP contribution in [0.5, 0.6) is 5.75 Å². The number of sulfone groups is 1.